The number of rotatable bonds is 8. The number of aliphatic hydroxyl groups is 6. The van der Waals surface area contributed by atoms with Gasteiger partial charge >= 0.3 is 0 Å². The minimum Gasteiger partial charge on any atom is -0.462 e. The second-order valence-electron chi connectivity index (χ2n) is 10.2. The highest BCUT2D eigenvalue weighted by atomic mass is 16.7. The Hall–Kier alpha value is -2.61. The lowest BCUT2D eigenvalue weighted by Crippen LogP contribution is -2.59. The molecule has 11 heteroatoms. The van der Waals surface area contributed by atoms with Crippen LogP contribution in [0.4, 0.5) is 0 Å². The monoisotopic (exact) mass is 547 g/mol. The fourth-order valence-electron chi connectivity index (χ4n) is 5.14. The van der Waals surface area contributed by atoms with Crippen molar-refractivity contribution in [1.29, 1.82) is 0 Å². The predicted octanol–water partition coefficient (Wildman–Crippen LogP) is -0.283. The lowest BCUT2D eigenvalue weighted by atomic mass is 9.83. The maximum atomic E-state index is 11.9. The summed E-state index contributed by atoms with van der Waals surface area (Å²) in [7, 11) is 1.57. The number of benzene rings is 2. The smallest absolute Gasteiger partial charge is 0.251 e. The highest BCUT2D eigenvalue weighted by Gasteiger charge is 2.47. The van der Waals surface area contributed by atoms with Gasteiger partial charge in [-0.05, 0) is 60.6 Å². The molecule has 214 valence electrons. The number of nitrogens with one attached hydrogen (secondary N) is 1. The van der Waals surface area contributed by atoms with Crippen LogP contribution in [0.25, 0.3) is 11.1 Å². The van der Waals surface area contributed by atoms with Crippen molar-refractivity contribution >= 4 is 5.91 Å². The van der Waals surface area contributed by atoms with E-state index in [-0.39, 0.29) is 25.4 Å². The van der Waals surface area contributed by atoms with Crippen LogP contribution in [0, 0.1) is 12.8 Å². The van der Waals surface area contributed by atoms with Crippen molar-refractivity contribution in [3.8, 4) is 16.9 Å². The summed E-state index contributed by atoms with van der Waals surface area (Å²) in [5.41, 5.74) is 2.99. The summed E-state index contributed by atoms with van der Waals surface area (Å²) in [6.45, 7) is 0.972. The third kappa shape index (κ3) is 6.42. The highest BCUT2D eigenvalue weighted by Crippen LogP contribution is 2.36. The van der Waals surface area contributed by atoms with Crippen molar-refractivity contribution in [2.24, 2.45) is 5.92 Å². The number of carbonyl (C=O) groups excluding carboxylic acids is 1. The number of hydrogen-bond acceptors (Lipinski definition) is 10. The molecule has 0 bridgehead atoms. The first-order chi connectivity index (χ1) is 18.7. The average molecular weight is 548 g/mol. The standard InChI is InChI=1S/C28H37NO10/c1-14-3-4-17(15-5-7-16(8-6-15)27(36)29-2)10-20(14)39-28-23(32)18(9-19(12-30)37-28)11-21-24(33)26(35)25(34)22(13-31)38-21/h3-8,10,18-19,21-26,28,30-35H,9,11-13H2,1-2H3,(H,29,36)/t18?,19?,21-,22?,23?,24?,25-,26?,28-/m1/s1. The van der Waals surface area contributed by atoms with Crippen molar-refractivity contribution in [1.82, 2.24) is 5.32 Å². The molecule has 2 aromatic carbocycles. The third-order valence-corrected chi connectivity index (χ3v) is 7.52. The Balaban J connectivity index is 1.51. The number of aliphatic hydroxyl groups excluding tert-OH is 6. The van der Waals surface area contributed by atoms with Crippen LogP contribution in [0.2, 0.25) is 0 Å². The number of ether oxygens (including phenoxy) is 3. The summed E-state index contributed by atoms with van der Waals surface area (Å²) in [5.74, 6) is -0.283. The van der Waals surface area contributed by atoms with E-state index in [2.05, 4.69) is 5.32 Å². The summed E-state index contributed by atoms with van der Waals surface area (Å²) < 4.78 is 17.6. The number of carbonyl (C=O) groups is 1. The van der Waals surface area contributed by atoms with Gasteiger partial charge in [-0.1, -0.05) is 24.3 Å². The molecule has 2 aromatic rings. The maximum absolute atomic E-state index is 11.9. The topological polar surface area (TPSA) is 178 Å². The fourth-order valence-corrected chi connectivity index (χ4v) is 5.14. The molecular formula is C28H37NO10. The molecule has 11 nitrogen and oxygen atoms in total. The van der Waals surface area contributed by atoms with Gasteiger partial charge < -0.3 is 50.2 Å². The van der Waals surface area contributed by atoms with Crippen LogP contribution in [-0.2, 0) is 9.47 Å². The molecule has 0 saturated carbocycles. The van der Waals surface area contributed by atoms with Crippen LogP contribution in [0.15, 0.2) is 42.5 Å². The Kier molecular flexibility index (Phi) is 9.57. The van der Waals surface area contributed by atoms with Crippen molar-refractivity contribution in [3.63, 3.8) is 0 Å². The summed E-state index contributed by atoms with van der Waals surface area (Å²) in [4.78, 5) is 11.9. The number of aryl methyl sites for hydroxylation is 1. The zero-order valence-electron chi connectivity index (χ0n) is 21.9. The second kappa shape index (κ2) is 12.7. The van der Waals surface area contributed by atoms with E-state index in [1.165, 1.54) is 0 Å². The first kappa shape index (κ1) is 29.4. The Morgan fingerprint density at radius 3 is 2.21 bits per heavy atom. The minimum atomic E-state index is -1.52. The van der Waals surface area contributed by atoms with E-state index in [0.717, 1.165) is 16.7 Å². The van der Waals surface area contributed by atoms with E-state index in [1.54, 1.807) is 25.2 Å². The fraction of sp³-hybridized carbons (Fsp3) is 0.536. The molecule has 2 saturated heterocycles. The number of hydrogen-bond donors (Lipinski definition) is 7. The molecule has 6 unspecified atom stereocenters. The SMILES string of the molecule is CNC(=O)c1ccc(-c2ccc(C)c(O[C@H]3OC(CO)CC(C[C@H]4OC(CO)[C@@H](O)C(O)C4O)C3O)c2)cc1. The van der Waals surface area contributed by atoms with Gasteiger partial charge in [-0.25, -0.2) is 0 Å². The van der Waals surface area contributed by atoms with Crippen LogP contribution in [0.5, 0.6) is 5.75 Å². The highest BCUT2D eigenvalue weighted by molar-refractivity contribution is 5.94. The van der Waals surface area contributed by atoms with Crippen molar-refractivity contribution in [2.45, 2.75) is 68.8 Å². The first-order valence-corrected chi connectivity index (χ1v) is 13.0. The maximum Gasteiger partial charge on any atom is 0.251 e. The third-order valence-electron chi connectivity index (χ3n) is 7.52. The average Bonchev–Trinajstić information content (AvgIpc) is 2.95. The van der Waals surface area contributed by atoms with Crippen LogP contribution in [0.3, 0.4) is 0 Å². The van der Waals surface area contributed by atoms with Crippen molar-refractivity contribution < 1.29 is 49.6 Å². The van der Waals surface area contributed by atoms with E-state index in [9.17, 15) is 35.4 Å². The Bertz CT molecular complexity index is 1110. The lowest BCUT2D eigenvalue weighted by molar-refractivity contribution is -0.253. The molecule has 1 amide bonds. The second-order valence-corrected chi connectivity index (χ2v) is 10.2. The molecule has 2 heterocycles. The Labute approximate surface area is 226 Å². The van der Waals surface area contributed by atoms with Crippen LogP contribution in [0.1, 0.15) is 28.8 Å². The molecule has 2 aliphatic heterocycles. The summed E-state index contributed by atoms with van der Waals surface area (Å²) in [6.07, 6.45) is -9.12. The van der Waals surface area contributed by atoms with Gasteiger partial charge in [0.15, 0.2) is 0 Å². The normalized spacial score (nSPS) is 33.0. The molecule has 0 aromatic heterocycles. The van der Waals surface area contributed by atoms with Gasteiger partial charge in [-0.15, -0.1) is 0 Å². The molecule has 0 spiro atoms. The van der Waals surface area contributed by atoms with Crippen LogP contribution in [-0.4, -0.2) is 106 Å². The summed E-state index contributed by atoms with van der Waals surface area (Å²) in [6, 6.07) is 12.7. The zero-order chi connectivity index (χ0) is 28.3. The zero-order valence-corrected chi connectivity index (χ0v) is 21.9. The molecule has 2 aliphatic rings. The van der Waals surface area contributed by atoms with Crippen molar-refractivity contribution in [2.75, 3.05) is 20.3 Å². The number of amides is 1. The quantitative estimate of drug-likeness (QED) is 0.232. The van der Waals surface area contributed by atoms with E-state index >= 15 is 0 Å². The molecule has 0 radical (unpaired) electrons. The predicted molar refractivity (Wildman–Crippen MR) is 139 cm³/mol. The van der Waals surface area contributed by atoms with Gasteiger partial charge in [-0.3, -0.25) is 4.79 Å². The summed E-state index contributed by atoms with van der Waals surface area (Å²) in [5, 5.41) is 63.8. The van der Waals surface area contributed by atoms with Gasteiger partial charge in [0.05, 0.1) is 25.4 Å². The van der Waals surface area contributed by atoms with Gasteiger partial charge in [0.2, 0.25) is 6.29 Å². The van der Waals surface area contributed by atoms with E-state index < -0.39 is 61.5 Å². The Morgan fingerprint density at radius 2 is 1.56 bits per heavy atom. The van der Waals surface area contributed by atoms with E-state index in [0.29, 0.717) is 11.3 Å². The largest absolute Gasteiger partial charge is 0.462 e. The summed E-state index contributed by atoms with van der Waals surface area (Å²) >= 11 is 0. The molecule has 7 N–H and O–H groups in total. The van der Waals surface area contributed by atoms with Gasteiger partial charge in [0.25, 0.3) is 5.91 Å². The molecule has 0 aliphatic carbocycles. The first-order valence-electron chi connectivity index (χ1n) is 13.0. The van der Waals surface area contributed by atoms with E-state index in [1.807, 2.05) is 31.2 Å². The molecule has 9 atom stereocenters. The molecule has 4 rings (SSSR count). The minimum absolute atomic E-state index is 0.0685. The van der Waals surface area contributed by atoms with Gasteiger partial charge in [0, 0.05) is 12.6 Å². The molecular weight excluding hydrogens is 510 g/mol. The van der Waals surface area contributed by atoms with Gasteiger partial charge in [-0.2, -0.15) is 0 Å². The van der Waals surface area contributed by atoms with Gasteiger partial charge in [0.1, 0.15) is 36.3 Å². The van der Waals surface area contributed by atoms with Crippen LogP contribution >= 0.6 is 0 Å². The lowest BCUT2D eigenvalue weighted by Gasteiger charge is -2.44. The van der Waals surface area contributed by atoms with Crippen molar-refractivity contribution in [3.05, 3.63) is 53.6 Å². The molecule has 39 heavy (non-hydrogen) atoms. The van der Waals surface area contributed by atoms with E-state index in [4.69, 9.17) is 14.2 Å². The van der Waals surface area contributed by atoms with Crippen LogP contribution < -0.4 is 10.1 Å². The molecule has 2 fully saturated rings. The Morgan fingerprint density at radius 1 is 0.897 bits per heavy atom.